The molecular weight excluding hydrogens is 388 g/mol. The highest BCUT2D eigenvalue weighted by atomic mass is 35.5. The first-order chi connectivity index (χ1) is 14.2. The van der Waals surface area contributed by atoms with E-state index in [1.54, 1.807) is 7.11 Å². The summed E-state index contributed by atoms with van der Waals surface area (Å²) in [5.41, 5.74) is 3.27. The fraction of sp³-hybridized carbons (Fsp3) is 0.348. The van der Waals surface area contributed by atoms with Crippen molar-refractivity contribution < 1.29 is 14.2 Å². The maximum absolute atomic E-state index is 6.21. The Morgan fingerprint density at radius 2 is 1.93 bits per heavy atom. The van der Waals surface area contributed by atoms with Crippen molar-refractivity contribution in [2.24, 2.45) is 0 Å². The first kappa shape index (κ1) is 20.1. The number of methoxy groups -OCH3 is 1. The van der Waals surface area contributed by atoms with Crippen molar-refractivity contribution in [1.82, 2.24) is 10.3 Å². The normalized spacial score (nSPS) is 19.4. The summed E-state index contributed by atoms with van der Waals surface area (Å²) in [6, 6.07) is 16.0. The predicted molar refractivity (Wildman–Crippen MR) is 114 cm³/mol. The van der Waals surface area contributed by atoms with Crippen LogP contribution in [0.25, 0.3) is 10.9 Å². The van der Waals surface area contributed by atoms with Gasteiger partial charge in [0.25, 0.3) is 0 Å². The van der Waals surface area contributed by atoms with Crippen molar-refractivity contribution in [3.8, 4) is 5.75 Å². The zero-order chi connectivity index (χ0) is 20.1. The number of hydrogen-bond donors (Lipinski definition) is 1. The lowest BCUT2D eigenvalue weighted by atomic mass is 10.0. The molecule has 1 aromatic heterocycles. The molecule has 2 aromatic carbocycles. The molecule has 0 aliphatic carbocycles. The molecule has 0 bridgehead atoms. The fourth-order valence-electron chi connectivity index (χ4n) is 3.52. The molecule has 2 heterocycles. The molecule has 4 rings (SSSR count). The maximum atomic E-state index is 6.21. The van der Waals surface area contributed by atoms with Crippen molar-refractivity contribution in [3.63, 3.8) is 0 Å². The van der Waals surface area contributed by atoms with Gasteiger partial charge in [0.15, 0.2) is 6.29 Å². The molecule has 1 aliphatic rings. The second kappa shape index (κ2) is 9.55. The van der Waals surface area contributed by atoms with Crippen LogP contribution >= 0.6 is 11.6 Å². The highest BCUT2D eigenvalue weighted by molar-refractivity contribution is 6.31. The number of nitrogens with one attached hydrogen (secondary N) is 1. The van der Waals surface area contributed by atoms with E-state index < -0.39 is 0 Å². The predicted octanol–water partition coefficient (Wildman–Crippen LogP) is 4.36. The lowest BCUT2D eigenvalue weighted by molar-refractivity contribution is -0.192. The maximum Gasteiger partial charge on any atom is 0.158 e. The summed E-state index contributed by atoms with van der Waals surface area (Å²) in [4.78, 5) is 4.44. The van der Waals surface area contributed by atoms with E-state index in [0.29, 0.717) is 19.8 Å². The summed E-state index contributed by atoms with van der Waals surface area (Å²) in [5.74, 6) is 0.837. The Morgan fingerprint density at radius 1 is 1.10 bits per heavy atom. The monoisotopic (exact) mass is 412 g/mol. The molecule has 0 unspecified atom stereocenters. The van der Waals surface area contributed by atoms with Crippen LogP contribution in [-0.4, -0.2) is 37.6 Å². The van der Waals surface area contributed by atoms with Gasteiger partial charge in [0.05, 0.1) is 31.9 Å². The number of pyridine rings is 1. The summed E-state index contributed by atoms with van der Waals surface area (Å²) in [5, 5.41) is 5.34. The number of rotatable bonds is 7. The Labute approximate surface area is 175 Å². The van der Waals surface area contributed by atoms with Gasteiger partial charge in [0.1, 0.15) is 5.75 Å². The molecule has 152 valence electrons. The average Bonchev–Trinajstić information content (AvgIpc) is 2.77. The van der Waals surface area contributed by atoms with Crippen LogP contribution in [0, 0.1) is 0 Å². The van der Waals surface area contributed by atoms with E-state index in [4.69, 9.17) is 25.8 Å². The molecule has 1 fully saturated rings. The van der Waals surface area contributed by atoms with Gasteiger partial charge in [-0.05, 0) is 47.9 Å². The molecule has 6 heteroatoms. The van der Waals surface area contributed by atoms with Crippen LogP contribution in [-0.2, 0) is 22.4 Å². The number of fused-ring (bicyclic) bond motifs is 1. The molecular formula is C23H25ClN2O3. The minimum atomic E-state index is -0.192. The van der Waals surface area contributed by atoms with Crippen molar-refractivity contribution in [2.75, 3.05) is 20.3 Å². The van der Waals surface area contributed by atoms with Gasteiger partial charge in [-0.25, -0.2) is 0 Å². The molecule has 0 saturated carbocycles. The lowest BCUT2D eigenvalue weighted by Crippen LogP contribution is -2.44. The summed E-state index contributed by atoms with van der Waals surface area (Å²) < 4.78 is 17.2. The standard InChI is InChI=1S/C23H25ClN2O3/c1-27-19-7-8-22-20(12-19)16(10-11-25-22)6-9-23-28-14-18(15-29-23)26-13-17-4-2-3-5-21(17)24/h2-5,7-8,10-12,18,23,26H,6,9,13-15H2,1H3/t18-,23-. The Kier molecular flexibility index (Phi) is 6.62. The highest BCUT2D eigenvalue weighted by Gasteiger charge is 2.22. The quantitative estimate of drug-likeness (QED) is 0.624. The van der Waals surface area contributed by atoms with E-state index in [9.17, 15) is 0 Å². The lowest BCUT2D eigenvalue weighted by Gasteiger charge is -2.30. The van der Waals surface area contributed by atoms with Crippen molar-refractivity contribution >= 4 is 22.5 Å². The molecule has 1 saturated heterocycles. The highest BCUT2D eigenvalue weighted by Crippen LogP contribution is 2.24. The fourth-order valence-corrected chi connectivity index (χ4v) is 3.73. The molecule has 0 radical (unpaired) electrons. The van der Waals surface area contributed by atoms with Crippen molar-refractivity contribution in [2.45, 2.75) is 31.7 Å². The second-order valence-electron chi connectivity index (χ2n) is 7.16. The molecule has 29 heavy (non-hydrogen) atoms. The van der Waals surface area contributed by atoms with E-state index in [0.717, 1.165) is 40.1 Å². The van der Waals surface area contributed by atoms with Gasteiger partial charge in [-0.15, -0.1) is 0 Å². The molecule has 1 N–H and O–H groups in total. The molecule has 0 amide bonds. The number of benzene rings is 2. The van der Waals surface area contributed by atoms with Gasteiger partial charge in [0.2, 0.25) is 0 Å². The topological polar surface area (TPSA) is 52.6 Å². The van der Waals surface area contributed by atoms with Gasteiger partial charge >= 0.3 is 0 Å². The van der Waals surface area contributed by atoms with Crippen LogP contribution in [0.3, 0.4) is 0 Å². The largest absolute Gasteiger partial charge is 0.497 e. The number of aromatic nitrogens is 1. The smallest absolute Gasteiger partial charge is 0.158 e. The Bertz CT molecular complexity index is 958. The molecule has 0 atom stereocenters. The molecule has 3 aromatic rings. The van der Waals surface area contributed by atoms with E-state index in [-0.39, 0.29) is 12.3 Å². The Balaban J connectivity index is 1.28. The SMILES string of the molecule is COc1ccc2nccc(CC[C@H]3OC[C@H](NCc4ccccc4Cl)CO3)c2c1. The third kappa shape index (κ3) is 5.06. The van der Waals surface area contributed by atoms with E-state index in [1.165, 1.54) is 5.56 Å². The summed E-state index contributed by atoms with van der Waals surface area (Å²) in [6.07, 6.45) is 3.31. The van der Waals surface area contributed by atoms with E-state index in [2.05, 4.69) is 16.4 Å². The minimum absolute atomic E-state index is 0.161. The van der Waals surface area contributed by atoms with Gasteiger partial charge in [-0.1, -0.05) is 29.8 Å². The summed E-state index contributed by atoms with van der Waals surface area (Å²) in [6.45, 7) is 1.95. The molecule has 0 spiro atoms. The minimum Gasteiger partial charge on any atom is -0.497 e. The van der Waals surface area contributed by atoms with Crippen LogP contribution in [0.5, 0.6) is 5.75 Å². The van der Waals surface area contributed by atoms with Crippen LogP contribution in [0.2, 0.25) is 5.02 Å². The first-order valence-electron chi connectivity index (χ1n) is 9.84. The Hall–Kier alpha value is -2.18. The van der Waals surface area contributed by atoms with Crippen LogP contribution < -0.4 is 10.1 Å². The number of aryl methyl sites for hydroxylation is 1. The average molecular weight is 413 g/mol. The van der Waals surface area contributed by atoms with E-state index >= 15 is 0 Å². The third-order valence-electron chi connectivity index (χ3n) is 5.19. The summed E-state index contributed by atoms with van der Waals surface area (Å²) in [7, 11) is 1.68. The van der Waals surface area contributed by atoms with Crippen molar-refractivity contribution in [3.05, 3.63) is 70.9 Å². The first-order valence-corrected chi connectivity index (χ1v) is 10.2. The second-order valence-corrected chi connectivity index (χ2v) is 7.56. The summed E-state index contributed by atoms with van der Waals surface area (Å²) >= 11 is 6.21. The number of hydrogen-bond acceptors (Lipinski definition) is 5. The zero-order valence-electron chi connectivity index (χ0n) is 16.4. The van der Waals surface area contributed by atoms with Crippen LogP contribution in [0.15, 0.2) is 54.7 Å². The van der Waals surface area contributed by atoms with Gasteiger partial charge in [-0.3, -0.25) is 4.98 Å². The van der Waals surface area contributed by atoms with Gasteiger partial charge in [0, 0.05) is 29.6 Å². The number of halogens is 1. The molecule has 1 aliphatic heterocycles. The molecule has 5 nitrogen and oxygen atoms in total. The number of ether oxygens (including phenoxy) is 3. The van der Waals surface area contributed by atoms with Crippen LogP contribution in [0.1, 0.15) is 17.5 Å². The Morgan fingerprint density at radius 3 is 2.72 bits per heavy atom. The zero-order valence-corrected chi connectivity index (χ0v) is 17.2. The van der Waals surface area contributed by atoms with Crippen molar-refractivity contribution in [1.29, 1.82) is 0 Å². The van der Waals surface area contributed by atoms with E-state index in [1.807, 2.05) is 48.7 Å². The van der Waals surface area contributed by atoms with Crippen LogP contribution in [0.4, 0.5) is 0 Å². The van der Waals surface area contributed by atoms with Gasteiger partial charge < -0.3 is 19.5 Å². The third-order valence-corrected chi connectivity index (χ3v) is 5.56. The number of nitrogens with zero attached hydrogens (tertiary/aromatic N) is 1. The van der Waals surface area contributed by atoms with Gasteiger partial charge in [-0.2, -0.15) is 0 Å².